The predicted octanol–water partition coefficient (Wildman–Crippen LogP) is 2.92. The number of ether oxygens (including phenoxy) is 1. The summed E-state index contributed by atoms with van der Waals surface area (Å²) in [5.74, 6) is 1.68. The highest BCUT2D eigenvalue weighted by atomic mass is 79.9. The van der Waals surface area contributed by atoms with E-state index in [-0.39, 0.29) is 0 Å². The van der Waals surface area contributed by atoms with Crippen LogP contribution in [-0.4, -0.2) is 54.1 Å². The van der Waals surface area contributed by atoms with Gasteiger partial charge in [0.05, 0.1) is 12.2 Å². The minimum absolute atomic E-state index is 0.660. The van der Waals surface area contributed by atoms with Gasteiger partial charge >= 0.3 is 0 Å². The Morgan fingerprint density at radius 1 is 1.40 bits per heavy atom. The number of aromatic nitrogens is 2. The molecule has 2 aromatic rings. The SMILES string of the molecule is CN=C(NCc1cn2cc(Br)ccc2n1)N(C)CCC1CCOCC1. The third-order valence-electron chi connectivity index (χ3n) is 4.68. The van der Waals surface area contributed by atoms with E-state index in [0.717, 1.165) is 47.4 Å². The van der Waals surface area contributed by atoms with Crippen LogP contribution >= 0.6 is 15.9 Å². The number of imidazole rings is 1. The highest BCUT2D eigenvalue weighted by Gasteiger charge is 2.15. The van der Waals surface area contributed by atoms with Crippen LogP contribution in [-0.2, 0) is 11.3 Å². The van der Waals surface area contributed by atoms with Gasteiger partial charge in [0, 0.05) is 50.7 Å². The Labute approximate surface area is 157 Å². The van der Waals surface area contributed by atoms with Crippen LogP contribution in [0.4, 0.5) is 0 Å². The monoisotopic (exact) mass is 407 g/mol. The molecule has 6 nitrogen and oxygen atoms in total. The summed E-state index contributed by atoms with van der Waals surface area (Å²) in [6, 6.07) is 4.00. The number of halogens is 1. The zero-order chi connectivity index (χ0) is 17.6. The first-order valence-electron chi connectivity index (χ1n) is 8.78. The van der Waals surface area contributed by atoms with Gasteiger partial charge in [-0.15, -0.1) is 0 Å². The second-order valence-corrected chi connectivity index (χ2v) is 7.43. The Morgan fingerprint density at radius 3 is 2.96 bits per heavy atom. The van der Waals surface area contributed by atoms with Gasteiger partial charge in [0.15, 0.2) is 5.96 Å². The molecule has 1 saturated heterocycles. The summed E-state index contributed by atoms with van der Waals surface area (Å²) >= 11 is 3.49. The van der Waals surface area contributed by atoms with Gasteiger partial charge in [-0.05, 0) is 53.2 Å². The second kappa shape index (κ2) is 8.67. The van der Waals surface area contributed by atoms with Crippen LogP contribution in [0.1, 0.15) is 25.0 Å². The topological polar surface area (TPSA) is 54.2 Å². The van der Waals surface area contributed by atoms with Crippen LogP contribution in [0.25, 0.3) is 5.65 Å². The molecule has 0 atom stereocenters. The lowest BCUT2D eigenvalue weighted by atomic mass is 9.96. The molecule has 0 aromatic carbocycles. The van der Waals surface area contributed by atoms with E-state index < -0.39 is 0 Å². The molecule has 7 heteroatoms. The minimum atomic E-state index is 0.660. The van der Waals surface area contributed by atoms with E-state index in [1.807, 2.05) is 36.0 Å². The van der Waals surface area contributed by atoms with E-state index in [4.69, 9.17) is 4.74 Å². The summed E-state index contributed by atoms with van der Waals surface area (Å²) in [7, 11) is 3.92. The molecule has 136 valence electrons. The standard InChI is InChI=1S/C18H26BrN5O/c1-20-18(23(2)8-5-14-6-9-25-10-7-14)21-11-16-13-24-12-15(19)3-4-17(24)22-16/h3-4,12-14H,5-11H2,1-2H3,(H,20,21). The van der Waals surface area contributed by atoms with Gasteiger partial charge in [-0.1, -0.05) is 0 Å². The van der Waals surface area contributed by atoms with Crippen molar-refractivity contribution in [2.24, 2.45) is 10.9 Å². The van der Waals surface area contributed by atoms with Crippen molar-refractivity contribution in [2.75, 3.05) is 33.9 Å². The highest BCUT2D eigenvalue weighted by molar-refractivity contribution is 9.10. The average Bonchev–Trinajstić information content (AvgIpc) is 3.03. The lowest BCUT2D eigenvalue weighted by molar-refractivity contribution is 0.0625. The van der Waals surface area contributed by atoms with Crippen molar-refractivity contribution in [3.8, 4) is 0 Å². The average molecular weight is 408 g/mol. The second-order valence-electron chi connectivity index (χ2n) is 6.51. The van der Waals surface area contributed by atoms with E-state index in [2.05, 4.69) is 43.2 Å². The Morgan fingerprint density at radius 2 is 2.20 bits per heavy atom. The molecule has 0 amide bonds. The molecule has 3 rings (SSSR count). The molecule has 0 saturated carbocycles. The fourth-order valence-electron chi connectivity index (χ4n) is 3.17. The molecule has 2 aromatic heterocycles. The van der Waals surface area contributed by atoms with Gasteiger partial charge in [-0.3, -0.25) is 4.99 Å². The van der Waals surface area contributed by atoms with Crippen molar-refractivity contribution in [2.45, 2.75) is 25.8 Å². The quantitative estimate of drug-likeness (QED) is 0.611. The molecule has 0 unspecified atom stereocenters. The Balaban J connectivity index is 1.52. The molecule has 0 spiro atoms. The zero-order valence-electron chi connectivity index (χ0n) is 14.9. The Kier molecular flexibility index (Phi) is 6.31. The number of hydrogen-bond donors (Lipinski definition) is 1. The summed E-state index contributed by atoms with van der Waals surface area (Å²) in [5.41, 5.74) is 1.94. The van der Waals surface area contributed by atoms with E-state index in [1.54, 1.807) is 0 Å². The van der Waals surface area contributed by atoms with Crippen molar-refractivity contribution in [1.82, 2.24) is 19.6 Å². The molecule has 1 aliphatic rings. The van der Waals surface area contributed by atoms with Crippen molar-refractivity contribution >= 4 is 27.5 Å². The highest BCUT2D eigenvalue weighted by Crippen LogP contribution is 2.18. The Hall–Kier alpha value is -1.60. The van der Waals surface area contributed by atoms with Crippen LogP contribution in [0, 0.1) is 5.92 Å². The van der Waals surface area contributed by atoms with Crippen molar-refractivity contribution in [1.29, 1.82) is 0 Å². The largest absolute Gasteiger partial charge is 0.381 e. The molecular formula is C18H26BrN5O. The molecule has 1 aliphatic heterocycles. The van der Waals surface area contributed by atoms with Crippen LogP contribution in [0.15, 0.2) is 34.0 Å². The smallest absolute Gasteiger partial charge is 0.193 e. The van der Waals surface area contributed by atoms with Crippen molar-refractivity contribution in [3.05, 3.63) is 34.7 Å². The molecule has 0 aliphatic carbocycles. The molecular weight excluding hydrogens is 382 g/mol. The van der Waals surface area contributed by atoms with Crippen molar-refractivity contribution < 1.29 is 4.74 Å². The lowest BCUT2D eigenvalue weighted by Gasteiger charge is -2.26. The number of aliphatic imine (C=N–C) groups is 1. The van der Waals surface area contributed by atoms with E-state index in [1.165, 1.54) is 19.3 Å². The van der Waals surface area contributed by atoms with Crippen LogP contribution < -0.4 is 5.32 Å². The van der Waals surface area contributed by atoms with Gasteiger partial charge in [-0.2, -0.15) is 0 Å². The van der Waals surface area contributed by atoms with Crippen LogP contribution in [0.3, 0.4) is 0 Å². The van der Waals surface area contributed by atoms with Gasteiger partial charge in [0.25, 0.3) is 0 Å². The van der Waals surface area contributed by atoms with E-state index in [0.29, 0.717) is 6.54 Å². The summed E-state index contributed by atoms with van der Waals surface area (Å²) < 4.78 is 8.50. The number of fused-ring (bicyclic) bond motifs is 1. The van der Waals surface area contributed by atoms with Gasteiger partial charge in [-0.25, -0.2) is 4.98 Å². The molecule has 25 heavy (non-hydrogen) atoms. The third kappa shape index (κ3) is 4.95. The summed E-state index contributed by atoms with van der Waals surface area (Å²) in [6.07, 6.45) is 7.60. The first-order valence-corrected chi connectivity index (χ1v) is 9.57. The Bertz CT molecular complexity index is 723. The number of nitrogens with zero attached hydrogens (tertiary/aromatic N) is 4. The summed E-state index contributed by atoms with van der Waals surface area (Å²) in [4.78, 5) is 11.2. The van der Waals surface area contributed by atoms with E-state index >= 15 is 0 Å². The molecule has 3 heterocycles. The summed E-state index contributed by atoms with van der Waals surface area (Å²) in [5, 5.41) is 3.41. The zero-order valence-corrected chi connectivity index (χ0v) is 16.5. The van der Waals surface area contributed by atoms with Gasteiger partial charge in [0.2, 0.25) is 0 Å². The molecule has 0 radical (unpaired) electrons. The van der Waals surface area contributed by atoms with Crippen molar-refractivity contribution in [3.63, 3.8) is 0 Å². The molecule has 0 bridgehead atoms. The first kappa shape index (κ1) is 18.2. The maximum atomic E-state index is 5.43. The van der Waals surface area contributed by atoms with Gasteiger partial charge in [0.1, 0.15) is 5.65 Å². The third-order valence-corrected chi connectivity index (χ3v) is 5.15. The number of hydrogen-bond acceptors (Lipinski definition) is 3. The number of pyridine rings is 1. The molecule has 1 fully saturated rings. The van der Waals surface area contributed by atoms with E-state index in [9.17, 15) is 0 Å². The number of rotatable bonds is 5. The minimum Gasteiger partial charge on any atom is -0.381 e. The van der Waals surface area contributed by atoms with Gasteiger partial charge < -0.3 is 19.4 Å². The summed E-state index contributed by atoms with van der Waals surface area (Å²) in [6.45, 7) is 3.48. The fraction of sp³-hybridized carbons (Fsp3) is 0.556. The molecule has 1 N–H and O–H groups in total. The number of guanidine groups is 1. The fourth-order valence-corrected chi connectivity index (χ4v) is 3.53. The van der Waals surface area contributed by atoms with Crippen LogP contribution in [0.5, 0.6) is 0 Å². The lowest BCUT2D eigenvalue weighted by Crippen LogP contribution is -2.39. The maximum absolute atomic E-state index is 5.43. The normalized spacial score (nSPS) is 16.4. The predicted molar refractivity (Wildman–Crippen MR) is 104 cm³/mol. The number of nitrogens with one attached hydrogen (secondary N) is 1. The first-order chi connectivity index (χ1) is 12.2. The van der Waals surface area contributed by atoms with Crippen LogP contribution in [0.2, 0.25) is 0 Å². The maximum Gasteiger partial charge on any atom is 0.193 e.